The molecule has 0 aromatic carbocycles. The maximum Gasteiger partial charge on any atom is 0.411 e. The van der Waals surface area contributed by atoms with E-state index in [1.54, 1.807) is 11.4 Å². The lowest BCUT2D eigenvalue weighted by Crippen LogP contribution is -2.19. The Bertz CT molecular complexity index is 378. The van der Waals surface area contributed by atoms with E-state index in [9.17, 15) is 18.0 Å². The summed E-state index contributed by atoms with van der Waals surface area (Å²) in [6.45, 7) is -1.91. The standard InChI is InChI=1S/C9H10F3NO3S/c10-9(11,12)5-15-2-3-16-8(14)7-6(13)1-4-17-7/h1,4H,2-3,5,13H2. The number of alkyl halides is 3. The topological polar surface area (TPSA) is 61.6 Å². The summed E-state index contributed by atoms with van der Waals surface area (Å²) in [5.41, 5.74) is 5.75. The van der Waals surface area contributed by atoms with E-state index in [1.807, 2.05) is 0 Å². The number of hydrogen-bond donors (Lipinski definition) is 1. The van der Waals surface area contributed by atoms with Gasteiger partial charge in [0.05, 0.1) is 12.3 Å². The second-order valence-corrected chi connectivity index (χ2v) is 3.92. The highest BCUT2D eigenvalue weighted by molar-refractivity contribution is 7.12. The maximum atomic E-state index is 11.7. The molecule has 0 fully saturated rings. The molecule has 0 bridgehead atoms. The van der Waals surface area contributed by atoms with Crippen molar-refractivity contribution in [2.24, 2.45) is 0 Å². The Hall–Kier alpha value is -1.28. The first-order chi connectivity index (χ1) is 7.90. The number of carbonyl (C=O) groups excluding carboxylic acids is 1. The van der Waals surface area contributed by atoms with Crippen LogP contribution in [0, 0.1) is 0 Å². The Morgan fingerprint density at radius 3 is 2.65 bits per heavy atom. The van der Waals surface area contributed by atoms with Gasteiger partial charge in [-0.1, -0.05) is 0 Å². The van der Waals surface area contributed by atoms with Gasteiger partial charge in [0.2, 0.25) is 0 Å². The Morgan fingerprint density at radius 1 is 1.41 bits per heavy atom. The fourth-order valence-corrected chi connectivity index (χ4v) is 1.64. The molecule has 17 heavy (non-hydrogen) atoms. The van der Waals surface area contributed by atoms with E-state index in [0.29, 0.717) is 0 Å². The largest absolute Gasteiger partial charge is 0.459 e. The van der Waals surface area contributed by atoms with Crippen LogP contribution in [-0.4, -0.2) is 32.0 Å². The molecular formula is C9H10F3NO3S. The summed E-state index contributed by atoms with van der Waals surface area (Å²) >= 11 is 1.11. The summed E-state index contributed by atoms with van der Waals surface area (Å²) < 4.78 is 44.0. The second-order valence-electron chi connectivity index (χ2n) is 3.01. The third-order valence-corrected chi connectivity index (χ3v) is 2.52. The van der Waals surface area contributed by atoms with Gasteiger partial charge < -0.3 is 15.2 Å². The summed E-state index contributed by atoms with van der Waals surface area (Å²) in [5.74, 6) is -0.659. The van der Waals surface area contributed by atoms with Gasteiger partial charge in [0, 0.05) is 0 Å². The smallest absolute Gasteiger partial charge is 0.411 e. The van der Waals surface area contributed by atoms with Gasteiger partial charge in [-0.05, 0) is 11.4 Å². The van der Waals surface area contributed by atoms with Crippen LogP contribution < -0.4 is 5.73 Å². The van der Waals surface area contributed by atoms with Gasteiger partial charge in [-0.25, -0.2) is 4.79 Å². The van der Waals surface area contributed by atoms with Crippen molar-refractivity contribution in [2.45, 2.75) is 6.18 Å². The Balaban J connectivity index is 2.20. The number of ether oxygens (including phenoxy) is 2. The van der Waals surface area contributed by atoms with Crippen molar-refractivity contribution in [1.29, 1.82) is 0 Å². The maximum absolute atomic E-state index is 11.7. The lowest BCUT2D eigenvalue weighted by atomic mass is 10.4. The van der Waals surface area contributed by atoms with Gasteiger partial charge in [-0.3, -0.25) is 0 Å². The number of carbonyl (C=O) groups is 1. The minimum atomic E-state index is -4.37. The van der Waals surface area contributed by atoms with Crippen molar-refractivity contribution in [2.75, 3.05) is 25.6 Å². The molecule has 4 nitrogen and oxygen atoms in total. The third kappa shape index (κ3) is 5.05. The number of hydrogen-bond acceptors (Lipinski definition) is 5. The summed E-state index contributed by atoms with van der Waals surface area (Å²) in [6.07, 6.45) is -4.37. The van der Waals surface area contributed by atoms with Crippen LogP contribution in [0.25, 0.3) is 0 Å². The molecule has 0 saturated heterocycles. The molecule has 0 atom stereocenters. The predicted molar refractivity (Wildman–Crippen MR) is 55.9 cm³/mol. The highest BCUT2D eigenvalue weighted by Gasteiger charge is 2.27. The van der Waals surface area contributed by atoms with E-state index in [0.717, 1.165) is 11.3 Å². The molecule has 0 radical (unpaired) electrons. The number of thiophene rings is 1. The number of nitrogen functional groups attached to an aromatic ring is 1. The first kappa shape index (κ1) is 13.8. The fourth-order valence-electron chi connectivity index (χ4n) is 0.932. The third-order valence-electron chi connectivity index (χ3n) is 1.61. The van der Waals surface area contributed by atoms with Crippen molar-refractivity contribution in [1.82, 2.24) is 0 Å². The summed E-state index contributed by atoms with van der Waals surface area (Å²) in [5, 5.41) is 1.62. The Kier molecular flexibility index (Phi) is 4.76. The molecule has 1 aromatic heterocycles. The second kappa shape index (κ2) is 5.87. The summed E-state index contributed by atoms with van der Waals surface area (Å²) in [6, 6.07) is 1.54. The first-order valence-corrected chi connectivity index (χ1v) is 5.42. The van der Waals surface area contributed by atoms with Crippen LogP contribution in [0.4, 0.5) is 18.9 Å². The zero-order valence-electron chi connectivity index (χ0n) is 8.62. The van der Waals surface area contributed by atoms with Gasteiger partial charge >= 0.3 is 12.1 Å². The number of nitrogens with two attached hydrogens (primary N) is 1. The average molecular weight is 269 g/mol. The molecule has 96 valence electrons. The minimum absolute atomic E-state index is 0.237. The Labute approximate surface area is 99.1 Å². The van der Waals surface area contributed by atoms with E-state index < -0.39 is 18.8 Å². The first-order valence-electron chi connectivity index (χ1n) is 4.55. The van der Waals surface area contributed by atoms with E-state index in [4.69, 9.17) is 5.73 Å². The number of halogens is 3. The van der Waals surface area contributed by atoms with Crippen molar-refractivity contribution in [3.63, 3.8) is 0 Å². The van der Waals surface area contributed by atoms with Crippen LogP contribution in [0.2, 0.25) is 0 Å². The molecule has 0 aliphatic carbocycles. The van der Waals surface area contributed by atoms with Crippen LogP contribution in [-0.2, 0) is 9.47 Å². The molecule has 0 saturated carbocycles. The molecule has 0 aliphatic rings. The van der Waals surface area contributed by atoms with Crippen LogP contribution in [0.15, 0.2) is 11.4 Å². The molecule has 1 heterocycles. The van der Waals surface area contributed by atoms with E-state index in [1.165, 1.54) is 0 Å². The zero-order valence-corrected chi connectivity index (χ0v) is 9.44. The van der Waals surface area contributed by atoms with Gasteiger partial charge in [-0.15, -0.1) is 11.3 Å². The van der Waals surface area contributed by atoms with Crippen LogP contribution >= 0.6 is 11.3 Å². The van der Waals surface area contributed by atoms with Crippen molar-refractivity contribution in [3.05, 3.63) is 16.3 Å². The predicted octanol–water partition coefficient (Wildman–Crippen LogP) is 2.07. The minimum Gasteiger partial charge on any atom is -0.459 e. The molecule has 1 aromatic rings. The number of esters is 1. The highest BCUT2D eigenvalue weighted by Crippen LogP contribution is 2.19. The molecule has 8 heteroatoms. The van der Waals surface area contributed by atoms with Crippen LogP contribution in [0.1, 0.15) is 9.67 Å². The lowest BCUT2D eigenvalue weighted by molar-refractivity contribution is -0.175. The molecule has 0 spiro atoms. The molecule has 1 rings (SSSR count). The SMILES string of the molecule is Nc1ccsc1C(=O)OCCOCC(F)(F)F. The average Bonchev–Trinajstić information content (AvgIpc) is 2.62. The van der Waals surface area contributed by atoms with Crippen LogP contribution in [0.5, 0.6) is 0 Å². The monoisotopic (exact) mass is 269 g/mol. The van der Waals surface area contributed by atoms with Crippen molar-refractivity contribution in [3.8, 4) is 0 Å². The lowest BCUT2D eigenvalue weighted by Gasteiger charge is -2.07. The van der Waals surface area contributed by atoms with E-state index >= 15 is 0 Å². The Morgan fingerprint density at radius 2 is 2.12 bits per heavy atom. The number of rotatable bonds is 5. The van der Waals surface area contributed by atoms with Gasteiger partial charge in [0.25, 0.3) is 0 Å². The normalized spacial score (nSPS) is 11.5. The number of anilines is 1. The zero-order chi connectivity index (χ0) is 12.9. The highest BCUT2D eigenvalue weighted by atomic mass is 32.1. The quantitative estimate of drug-likeness (QED) is 0.656. The van der Waals surface area contributed by atoms with E-state index in [2.05, 4.69) is 9.47 Å². The molecular weight excluding hydrogens is 259 g/mol. The van der Waals surface area contributed by atoms with Crippen LogP contribution in [0.3, 0.4) is 0 Å². The van der Waals surface area contributed by atoms with Gasteiger partial charge in [-0.2, -0.15) is 13.2 Å². The van der Waals surface area contributed by atoms with E-state index in [-0.39, 0.29) is 23.8 Å². The fraction of sp³-hybridized carbons (Fsp3) is 0.444. The van der Waals surface area contributed by atoms with Gasteiger partial charge in [0.15, 0.2) is 0 Å². The van der Waals surface area contributed by atoms with Crippen molar-refractivity contribution < 1.29 is 27.4 Å². The molecule has 2 N–H and O–H groups in total. The molecule has 0 aliphatic heterocycles. The summed E-state index contributed by atoms with van der Waals surface area (Å²) in [4.78, 5) is 11.6. The summed E-state index contributed by atoms with van der Waals surface area (Å²) in [7, 11) is 0. The van der Waals surface area contributed by atoms with Gasteiger partial charge in [0.1, 0.15) is 18.1 Å². The molecule has 0 unspecified atom stereocenters. The van der Waals surface area contributed by atoms with Crippen molar-refractivity contribution >= 4 is 23.0 Å². The molecule has 0 amide bonds.